The molecule has 1 unspecified atom stereocenters. The number of halogens is 1. The van der Waals surface area contributed by atoms with E-state index < -0.39 is 5.91 Å². The zero-order valence-electron chi connectivity index (χ0n) is 22.7. The van der Waals surface area contributed by atoms with E-state index in [1.807, 2.05) is 26.0 Å². The Morgan fingerprint density at radius 3 is 2.85 bits per heavy atom. The maximum Gasteiger partial charge on any atom is 0.254 e. The molecule has 204 valence electrons. The van der Waals surface area contributed by atoms with E-state index in [0.29, 0.717) is 23.1 Å². The first-order valence-corrected chi connectivity index (χ1v) is 13.2. The highest BCUT2D eigenvalue weighted by Gasteiger charge is 2.18. The number of nitrogens with zero attached hydrogens (tertiary/aromatic N) is 4. The first kappa shape index (κ1) is 28.1. The number of aromatic nitrogens is 2. The minimum absolute atomic E-state index is 0.142. The molecule has 2 aromatic carbocycles. The molecule has 0 saturated heterocycles. The van der Waals surface area contributed by atoms with E-state index >= 15 is 0 Å². The number of carbonyl (C=O) groups is 1. The quantitative estimate of drug-likeness (QED) is 0.279. The highest BCUT2D eigenvalue weighted by molar-refractivity contribution is 6.31. The van der Waals surface area contributed by atoms with Crippen molar-refractivity contribution >= 4 is 35.4 Å². The number of rotatable bonds is 8. The summed E-state index contributed by atoms with van der Waals surface area (Å²) in [5.41, 5.74) is 18.2. The summed E-state index contributed by atoms with van der Waals surface area (Å²) in [6.07, 6.45) is 5.18. The average Bonchev–Trinajstić information content (AvgIpc) is 2.89. The van der Waals surface area contributed by atoms with Crippen LogP contribution < -0.4 is 21.5 Å². The number of aryl methyl sites for hydroxylation is 1. The number of aliphatic imine (C=N–C) groups is 1. The molecule has 39 heavy (non-hydrogen) atoms. The first-order valence-electron chi connectivity index (χ1n) is 12.8. The fourth-order valence-corrected chi connectivity index (χ4v) is 4.95. The third-order valence-electron chi connectivity index (χ3n) is 6.69. The van der Waals surface area contributed by atoms with Gasteiger partial charge in [-0.05, 0) is 80.8 Å². The van der Waals surface area contributed by atoms with Crippen LogP contribution in [0, 0.1) is 6.92 Å². The molecule has 9 nitrogen and oxygen atoms in total. The molecule has 4 rings (SSSR count). The molecule has 3 aromatic rings. The van der Waals surface area contributed by atoms with Gasteiger partial charge >= 0.3 is 0 Å². The fraction of sp³-hybridized carbons (Fsp3) is 0.310. The number of benzene rings is 2. The third kappa shape index (κ3) is 6.55. The lowest BCUT2D eigenvalue weighted by atomic mass is 9.92. The molecule has 0 radical (unpaired) electrons. The van der Waals surface area contributed by atoms with Crippen LogP contribution in [0.5, 0.6) is 5.75 Å². The summed E-state index contributed by atoms with van der Waals surface area (Å²) < 4.78 is 5.47. The SMILES string of the molecule is CCOc1ccc(C(C)NC(=O)C(C=Nc2nc(-c3cc(C)c4c(c3)CN(C)CC4)cnc2N)=CN)c(Cl)c1. The first-order chi connectivity index (χ1) is 18.7. The lowest BCUT2D eigenvalue weighted by molar-refractivity contribution is -0.117. The van der Waals surface area contributed by atoms with E-state index in [9.17, 15) is 4.79 Å². The molecule has 0 spiro atoms. The molecule has 10 heteroatoms. The van der Waals surface area contributed by atoms with Gasteiger partial charge < -0.3 is 26.4 Å². The summed E-state index contributed by atoms with van der Waals surface area (Å²) in [5, 5.41) is 3.38. The Labute approximate surface area is 233 Å². The minimum atomic E-state index is -0.421. The molecule has 1 aliphatic heterocycles. The molecular formula is C29H34ClN7O2. The zero-order valence-corrected chi connectivity index (χ0v) is 23.4. The molecule has 1 aromatic heterocycles. The van der Waals surface area contributed by atoms with Crippen LogP contribution in [0.3, 0.4) is 0 Å². The Morgan fingerprint density at radius 2 is 2.13 bits per heavy atom. The van der Waals surface area contributed by atoms with Crippen molar-refractivity contribution in [1.29, 1.82) is 0 Å². The number of amides is 1. The van der Waals surface area contributed by atoms with Gasteiger partial charge in [-0.1, -0.05) is 17.7 Å². The van der Waals surface area contributed by atoms with Crippen molar-refractivity contribution in [2.45, 2.75) is 39.8 Å². The number of fused-ring (bicyclic) bond motifs is 1. The van der Waals surface area contributed by atoms with Crippen molar-refractivity contribution in [3.8, 4) is 17.0 Å². The van der Waals surface area contributed by atoms with Gasteiger partial charge in [0.15, 0.2) is 11.6 Å². The van der Waals surface area contributed by atoms with Crippen molar-refractivity contribution in [2.75, 3.05) is 25.9 Å². The van der Waals surface area contributed by atoms with Gasteiger partial charge in [0.2, 0.25) is 0 Å². The molecule has 0 aliphatic carbocycles. The van der Waals surface area contributed by atoms with Crippen LogP contribution >= 0.6 is 11.6 Å². The van der Waals surface area contributed by atoms with Crippen molar-refractivity contribution < 1.29 is 9.53 Å². The number of ether oxygens (including phenoxy) is 1. The molecular weight excluding hydrogens is 514 g/mol. The van der Waals surface area contributed by atoms with E-state index in [0.717, 1.165) is 30.6 Å². The van der Waals surface area contributed by atoms with Crippen LogP contribution in [0.4, 0.5) is 11.6 Å². The van der Waals surface area contributed by atoms with Gasteiger partial charge in [-0.2, -0.15) is 0 Å². The van der Waals surface area contributed by atoms with E-state index in [4.69, 9.17) is 27.8 Å². The minimum Gasteiger partial charge on any atom is -0.494 e. The predicted molar refractivity (Wildman–Crippen MR) is 156 cm³/mol. The number of hydrogen-bond donors (Lipinski definition) is 3. The Morgan fingerprint density at radius 1 is 1.33 bits per heavy atom. The number of carbonyl (C=O) groups excluding carboxylic acids is 1. The molecule has 1 atom stereocenters. The fourth-order valence-electron chi connectivity index (χ4n) is 4.61. The second-order valence-corrected chi connectivity index (χ2v) is 9.98. The van der Waals surface area contributed by atoms with Gasteiger partial charge in [0.1, 0.15) is 5.75 Å². The standard InChI is InChI=1S/C29H34ClN7O2/c1-5-39-22-6-7-24(25(30)12-22)18(3)35-29(38)21(13-31)14-34-28-27(32)33-15-26(36-28)19-10-17(2)23-8-9-37(4)16-20(23)11-19/h6-7,10-15,18H,5,8-9,16,31H2,1-4H3,(H2,32,33)(H,35,38). The van der Waals surface area contributed by atoms with E-state index in [1.54, 1.807) is 12.3 Å². The van der Waals surface area contributed by atoms with Crippen molar-refractivity contribution in [2.24, 2.45) is 10.7 Å². The number of anilines is 1. The van der Waals surface area contributed by atoms with Crippen LogP contribution in [0.2, 0.25) is 5.02 Å². The second kappa shape index (κ2) is 12.3. The van der Waals surface area contributed by atoms with Crippen LogP contribution in [0.15, 0.2) is 53.3 Å². The number of nitrogens with two attached hydrogens (primary N) is 2. The van der Waals surface area contributed by atoms with Gasteiger partial charge in [-0.15, -0.1) is 0 Å². The van der Waals surface area contributed by atoms with Crippen LogP contribution in [0.1, 0.15) is 42.1 Å². The lowest BCUT2D eigenvalue weighted by Crippen LogP contribution is -2.29. The zero-order chi connectivity index (χ0) is 28.1. The largest absolute Gasteiger partial charge is 0.494 e. The van der Waals surface area contributed by atoms with Crippen molar-refractivity contribution in [1.82, 2.24) is 20.2 Å². The molecule has 1 aliphatic rings. The highest BCUT2D eigenvalue weighted by atomic mass is 35.5. The van der Waals surface area contributed by atoms with E-state index in [-0.39, 0.29) is 23.3 Å². The van der Waals surface area contributed by atoms with Gasteiger partial charge in [0.25, 0.3) is 5.91 Å². The molecule has 0 fully saturated rings. The van der Waals surface area contributed by atoms with Gasteiger partial charge in [-0.25, -0.2) is 15.0 Å². The maximum atomic E-state index is 12.9. The molecule has 0 bridgehead atoms. The average molecular weight is 548 g/mol. The Kier molecular flexibility index (Phi) is 8.83. The second-order valence-electron chi connectivity index (χ2n) is 9.57. The molecule has 5 N–H and O–H groups in total. The highest BCUT2D eigenvalue weighted by Crippen LogP contribution is 2.30. The van der Waals surface area contributed by atoms with Gasteiger partial charge in [0.05, 0.1) is 30.1 Å². The third-order valence-corrected chi connectivity index (χ3v) is 7.02. The topological polar surface area (TPSA) is 132 Å². The smallest absolute Gasteiger partial charge is 0.254 e. The summed E-state index contributed by atoms with van der Waals surface area (Å²) in [5.74, 6) is 0.597. The Balaban J connectivity index is 1.51. The van der Waals surface area contributed by atoms with Crippen LogP contribution in [0.25, 0.3) is 11.3 Å². The maximum absolute atomic E-state index is 12.9. The lowest BCUT2D eigenvalue weighted by Gasteiger charge is -2.27. The van der Waals surface area contributed by atoms with Crippen molar-refractivity contribution in [3.05, 3.63) is 75.6 Å². The summed E-state index contributed by atoms with van der Waals surface area (Å²) in [6.45, 7) is 8.32. The summed E-state index contributed by atoms with van der Waals surface area (Å²) in [4.78, 5) is 28.5. The molecule has 2 heterocycles. The number of hydrogen-bond acceptors (Lipinski definition) is 8. The van der Waals surface area contributed by atoms with Crippen LogP contribution in [-0.2, 0) is 17.8 Å². The van der Waals surface area contributed by atoms with E-state index in [2.05, 4.69) is 51.3 Å². The summed E-state index contributed by atoms with van der Waals surface area (Å²) >= 11 is 6.41. The monoisotopic (exact) mass is 547 g/mol. The van der Waals surface area contributed by atoms with Gasteiger partial charge in [0, 0.05) is 36.1 Å². The Bertz CT molecular complexity index is 1440. The number of nitrogen functional groups attached to an aromatic ring is 1. The summed E-state index contributed by atoms with van der Waals surface area (Å²) in [6, 6.07) is 9.23. The Hall–Kier alpha value is -3.95. The normalized spacial score (nSPS) is 14.7. The molecule has 0 saturated carbocycles. The van der Waals surface area contributed by atoms with Gasteiger partial charge in [-0.3, -0.25) is 4.79 Å². The van der Waals surface area contributed by atoms with E-state index in [1.165, 1.54) is 29.1 Å². The predicted octanol–water partition coefficient (Wildman–Crippen LogP) is 4.50. The van der Waals surface area contributed by atoms with Crippen molar-refractivity contribution in [3.63, 3.8) is 0 Å². The number of likely N-dealkylation sites (N-methyl/N-ethyl adjacent to an activating group) is 1. The molecule has 1 amide bonds. The summed E-state index contributed by atoms with van der Waals surface area (Å²) in [7, 11) is 2.12. The van der Waals surface area contributed by atoms with Crippen LogP contribution in [-0.4, -0.2) is 47.2 Å². The number of nitrogens with one attached hydrogen (secondary N) is 1.